The molecular weight excluding hydrogens is 228 g/mol. The zero-order valence-corrected chi connectivity index (χ0v) is 11.4. The fourth-order valence-electron chi connectivity index (χ4n) is 1.98. The molecule has 1 heterocycles. The lowest BCUT2D eigenvalue weighted by Crippen LogP contribution is -2.12. The van der Waals surface area contributed by atoms with Gasteiger partial charge in [-0.1, -0.05) is 20.8 Å². The van der Waals surface area contributed by atoms with E-state index in [1.165, 1.54) is 12.7 Å². The van der Waals surface area contributed by atoms with Crippen LogP contribution >= 0.6 is 0 Å². The lowest BCUT2D eigenvalue weighted by atomic mass is 10.1. The molecule has 2 rings (SSSR count). The summed E-state index contributed by atoms with van der Waals surface area (Å²) < 4.78 is 5.47. The number of ether oxygens (including phenoxy) is 1. The molecule has 5 nitrogen and oxygen atoms in total. The Kier molecular flexibility index (Phi) is 3.59. The Labute approximate surface area is 108 Å². The molecule has 1 aromatic rings. The van der Waals surface area contributed by atoms with E-state index >= 15 is 0 Å². The number of anilines is 2. The van der Waals surface area contributed by atoms with Gasteiger partial charge in [0, 0.05) is 6.54 Å². The minimum Gasteiger partial charge on any atom is -0.476 e. The SMILES string of the molecule is CCCOc1ncnc(NCC2CC2(C)C)c1N. The third-order valence-corrected chi connectivity index (χ3v) is 3.52. The van der Waals surface area contributed by atoms with Crippen molar-refractivity contribution in [3.63, 3.8) is 0 Å². The van der Waals surface area contributed by atoms with E-state index in [1.807, 2.05) is 6.92 Å². The third kappa shape index (κ3) is 2.83. The number of hydrogen-bond acceptors (Lipinski definition) is 5. The van der Waals surface area contributed by atoms with Gasteiger partial charge in [-0.2, -0.15) is 4.98 Å². The maximum Gasteiger partial charge on any atom is 0.242 e. The number of hydrogen-bond donors (Lipinski definition) is 2. The van der Waals surface area contributed by atoms with Crippen molar-refractivity contribution in [1.29, 1.82) is 0 Å². The molecule has 1 aliphatic carbocycles. The Balaban J connectivity index is 1.95. The van der Waals surface area contributed by atoms with Crippen molar-refractivity contribution in [3.05, 3.63) is 6.33 Å². The highest BCUT2D eigenvalue weighted by molar-refractivity contribution is 5.66. The van der Waals surface area contributed by atoms with E-state index in [4.69, 9.17) is 10.5 Å². The van der Waals surface area contributed by atoms with Crippen LogP contribution in [-0.4, -0.2) is 23.1 Å². The zero-order valence-electron chi connectivity index (χ0n) is 11.4. The third-order valence-electron chi connectivity index (χ3n) is 3.52. The quantitative estimate of drug-likeness (QED) is 0.810. The Morgan fingerprint density at radius 2 is 2.22 bits per heavy atom. The van der Waals surface area contributed by atoms with Crippen LogP contribution in [0.1, 0.15) is 33.6 Å². The van der Waals surface area contributed by atoms with E-state index in [0.29, 0.717) is 35.3 Å². The topological polar surface area (TPSA) is 73.1 Å². The number of aromatic nitrogens is 2. The summed E-state index contributed by atoms with van der Waals surface area (Å²) in [6.07, 6.45) is 3.67. The Morgan fingerprint density at radius 1 is 1.50 bits per heavy atom. The fraction of sp³-hybridized carbons (Fsp3) is 0.692. The molecule has 0 saturated heterocycles. The molecule has 0 amide bonds. The molecule has 0 aromatic carbocycles. The van der Waals surface area contributed by atoms with Crippen molar-refractivity contribution in [2.75, 3.05) is 24.2 Å². The second-order valence-electron chi connectivity index (χ2n) is 5.56. The van der Waals surface area contributed by atoms with Gasteiger partial charge < -0.3 is 15.8 Å². The summed E-state index contributed by atoms with van der Waals surface area (Å²) in [6, 6.07) is 0. The number of nitrogens with zero attached hydrogens (tertiary/aromatic N) is 2. The number of rotatable bonds is 6. The molecule has 100 valence electrons. The van der Waals surface area contributed by atoms with Gasteiger partial charge >= 0.3 is 0 Å². The molecule has 1 atom stereocenters. The summed E-state index contributed by atoms with van der Waals surface area (Å²) in [5.74, 6) is 1.86. The van der Waals surface area contributed by atoms with Crippen molar-refractivity contribution in [3.8, 4) is 5.88 Å². The maximum absolute atomic E-state index is 5.99. The van der Waals surface area contributed by atoms with Gasteiger partial charge in [-0.15, -0.1) is 0 Å². The molecule has 3 N–H and O–H groups in total. The molecule has 18 heavy (non-hydrogen) atoms. The lowest BCUT2D eigenvalue weighted by molar-refractivity contribution is 0.306. The highest BCUT2D eigenvalue weighted by Crippen LogP contribution is 2.51. The predicted molar refractivity (Wildman–Crippen MR) is 72.6 cm³/mol. The number of nitrogens with one attached hydrogen (secondary N) is 1. The van der Waals surface area contributed by atoms with Gasteiger partial charge in [0.2, 0.25) is 5.88 Å². The summed E-state index contributed by atoms with van der Waals surface area (Å²) >= 11 is 0. The van der Waals surface area contributed by atoms with Crippen LogP contribution in [0.15, 0.2) is 6.33 Å². The van der Waals surface area contributed by atoms with Crippen LogP contribution in [0.5, 0.6) is 5.88 Å². The average Bonchev–Trinajstić information content (AvgIpc) is 2.94. The maximum atomic E-state index is 5.99. The second-order valence-corrected chi connectivity index (χ2v) is 5.56. The molecule has 5 heteroatoms. The Hall–Kier alpha value is -1.52. The highest BCUT2D eigenvalue weighted by Gasteiger charge is 2.45. The zero-order chi connectivity index (χ0) is 13.2. The van der Waals surface area contributed by atoms with Crippen LogP contribution in [0.3, 0.4) is 0 Å². The molecule has 0 aliphatic heterocycles. The summed E-state index contributed by atoms with van der Waals surface area (Å²) in [5.41, 5.74) is 6.94. The van der Waals surface area contributed by atoms with Gasteiger partial charge in [-0.05, 0) is 24.2 Å². The van der Waals surface area contributed by atoms with E-state index in [1.54, 1.807) is 0 Å². The Bertz CT molecular complexity index is 419. The average molecular weight is 250 g/mol. The molecule has 1 unspecified atom stereocenters. The molecule has 1 aliphatic rings. The second kappa shape index (κ2) is 5.00. The van der Waals surface area contributed by atoms with Gasteiger partial charge in [-0.3, -0.25) is 0 Å². The molecule has 1 aromatic heterocycles. The van der Waals surface area contributed by atoms with Crippen LogP contribution in [0.4, 0.5) is 11.5 Å². The van der Waals surface area contributed by atoms with Crippen molar-refractivity contribution < 1.29 is 4.74 Å². The van der Waals surface area contributed by atoms with Crippen LogP contribution < -0.4 is 15.8 Å². The van der Waals surface area contributed by atoms with Gasteiger partial charge in [0.25, 0.3) is 0 Å². The fourth-order valence-corrected chi connectivity index (χ4v) is 1.98. The van der Waals surface area contributed by atoms with Crippen LogP contribution in [0, 0.1) is 11.3 Å². The van der Waals surface area contributed by atoms with E-state index in [2.05, 4.69) is 29.1 Å². The minimum absolute atomic E-state index is 0.455. The largest absolute Gasteiger partial charge is 0.476 e. The van der Waals surface area contributed by atoms with Crippen molar-refractivity contribution in [2.45, 2.75) is 33.6 Å². The van der Waals surface area contributed by atoms with E-state index in [-0.39, 0.29) is 0 Å². The standard InChI is InChI=1S/C13H22N4O/c1-4-5-18-12-10(14)11(16-8-17-12)15-7-9-6-13(9,2)3/h8-9H,4-7,14H2,1-3H3,(H,15,16,17). The van der Waals surface area contributed by atoms with E-state index in [9.17, 15) is 0 Å². The first-order valence-corrected chi connectivity index (χ1v) is 6.51. The van der Waals surface area contributed by atoms with Crippen molar-refractivity contribution in [1.82, 2.24) is 9.97 Å². The van der Waals surface area contributed by atoms with E-state index in [0.717, 1.165) is 13.0 Å². The molecule has 0 spiro atoms. The lowest BCUT2D eigenvalue weighted by Gasteiger charge is -2.12. The van der Waals surface area contributed by atoms with Gasteiger partial charge in [-0.25, -0.2) is 4.98 Å². The first kappa shape index (κ1) is 12.9. The summed E-state index contributed by atoms with van der Waals surface area (Å²) in [4.78, 5) is 8.22. The summed E-state index contributed by atoms with van der Waals surface area (Å²) in [5, 5.41) is 3.29. The summed E-state index contributed by atoms with van der Waals surface area (Å²) in [6.45, 7) is 8.13. The number of nitrogens with two attached hydrogens (primary N) is 1. The first-order valence-electron chi connectivity index (χ1n) is 6.51. The van der Waals surface area contributed by atoms with Crippen LogP contribution in [-0.2, 0) is 0 Å². The minimum atomic E-state index is 0.455. The Morgan fingerprint density at radius 3 is 2.83 bits per heavy atom. The first-order chi connectivity index (χ1) is 8.54. The normalized spacial score (nSPS) is 20.5. The smallest absolute Gasteiger partial charge is 0.242 e. The monoisotopic (exact) mass is 250 g/mol. The molecule has 1 saturated carbocycles. The van der Waals surface area contributed by atoms with E-state index < -0.39 is 0 Å². The molecule has 0 radical (unpaired) electrons. The van der Waals surface area contributed by atoms with Gasteiger partial charge in [0.1, 0.15) is 12.0 Å². The number of nitrogen functional groups attached to an aromatic ring is 1. The van der Waals surface area contributed by atoms with Gasteiger partial charge in [0.15, 0.2) is 5.82 Å². The molecule has 1 fully saturated rings. The molecular formula is C13H22N4O. The van der Waals surface area contributed by atoms with Crippen LogP contribution in [0.25, 0.3) is 0 Å². The van der Waals surface area contributed by atoms with Crippen molar-refractivity contribution in [2.24, 2.45) is 11.3 Å². The summed E-state index contributed by atoms with van der Waals surface area (Å²) in [7, 11) is 0. The van der Waals surface area contributed by atoms with Crippen LogP contribution in [0.2, 0.25) is 0 Å². The van der Waals surface area contributed by atoms with Gasteiger partial charge in [0.05, 0.1) is 6.61 Å². The predicted octanol–water partition coefficient (Wildman–Crippen LogP) is 2.31. The highest BCUT2D eigenvalue weighted by atomic mass is 16.5. The molecule has 0 bridgehead atoms. The van der Waals surface area contributed by atoms with Crippen molar-refractivity contribution >= 4 is 11.5 Å².